The van der Waals surface area contributed by atoms with Crippen LogP contribution < -0.4 is 27.4 Å². The van der Waals surface area contributed by atoms with Gasteiger partial charge in [-0.05, 0) is 37.3 Å². The monoisotopic (exact) mass is 509 g/mol. The minimum absolute atomic E-state index is 0.0839. The number of carbonyl (C=O) groups excluding carboxylic acids is 3. The first-order valence-electron chi connectivity index (χ1n) is 11.9. The zero-order valence-corrected chi connectivity index (χ0v) is 21.3. The van der Waals surface area contributed by atoms with Crippen LogP contribution in [0.5, 0.6) is 0 Å². The van der Waals surface area contributed by atoms with E-state index in [4.69, 9.17) is 11.5 Å². The Hall–Kier alpha value is -2.63. The summed E-state index contributed by atoms with van der Waals surface area (Å²) >= 11 is 3.96. The molecule has 196 valence electrons. The highest BCUT2D eigenvalue weighted by molar-refractivity contribution is 7.80. The van der Waals surface area contributed by atoms with Crippen molar-refractivity contribution in [1.29, 1.82) is 0 Å². The van der Waals surface area contributed by atoms with Gasteiger partial charge < -0.3 is 32.5 Å². The summed E-state index contributed by atoms with van der Waals surface area (Å²) in [6, 6.07) is 5.17. The Morgan fingerprint density at radius 1 is 0.943 bits per heavy atom. The third-order valence-corrected chi connectivity index (χ3v) is 6.22. The van der Waals surface area contributed by atoms with E-state index in [9.17, 15) is 24.3 Å². The zero-order chi connectivity index (χ0) is 26.4. The summed E-state index contributed by atoms with van der Waals surface area (Å²) in [5, 5.41) is 17.1. The molecule has 1 aromatic carbocycles. The van der Waals surface area contributed by atoms with Crippen LogP contribution in [0.4, 0.5) is 0 Å². The second-order valence-corrected chi connectivity index (χ2v) is 8.95. The number of unbranched alkanes of at least 4 members (excludes halogenated alkanes) is 1. The Morgan fingerprint density at radius 3 is 2.06 bits per heavy atom. The Bertz CT molecular complexity index is 826. The molecule has 0 saturated carbocycles. The van der Waals surface area contributed by atoms with Crippen molar-refractivity contribution in [3.8, 4) is 0 Å². The number of benzene rings is 1. The van der Waals surface area contributed by atoms with Gasteiger partial charge in [-0.1, -0.05) is 50.6 Å². The van der Waals surface area contributed by atoms with Gasteiger partial charge in [-0.3, -0.25) is 14.4 Å². The topological polar surface area (TPSA) is 177 Å². The van der Waals surface area contributed by atoms with E-state index in [0.717, 1.165) is 5.56 Å². The van der Waals surface area contributed by atoms with Crippen molar-refractivity contribution in [3.63, 3.8) is 0 Å². The number of rotatable bonds is 16. The average Bonchev–Trinajstić information content (AvgIpc) is 2.85. The van der Waals surface area contributed by atoms with E-state index < -0.39 is 47.9 Å². The summed E-state index contributed by atoms with van der Waals surface area (Å²) in [6.07, 6.45) is 2.32. The molecule has 0 fully saturated rings. The Labute approximate surface area is 212 Å². The fraction of sp³-hybridized carbons (Fsp3) is 0.583. The van der Waals surface area contributed by atoms with Crippen LogP contribution in [0, 0.1) is 5.92 Å². The van der Waals surface area contributed by atoms with E-state index in [2.05, 4.69) is 28.6 Å². The molecule has 0 aliphatic rings. The number of carboxylic acid groups (broad SMARTS) is 1. The van der Waals surface area contributed by atoms with Crippen molar-refractivity contribution in [2.24, 2.45) is 17.4 Å². The van der Waals surface area contributed by atoms with E-state index in [1.807, 2.05) is 44.2 Å². The van der Waals surface area contributed by atoms with Crippen LogP contribution in [0.25, 0.3) is 0 Å². The molecule has 1 rings (SSSR count). The molecule has 0 spiro atoms. The molecule has 5 unspecified atom stereocenters. The minimum atomic E-state index is -1.23. The van der Waals surface area contributed by atoms with E-state index >= 15 is 0 Å². The fourth-order valence-electron chi connectivity index (χ4n) is 3.33. The quantitative estimate of drug-likeness (QED) is 0.123. The number of hydrogen-bond donors (Lipinski definition) is 7. The van der Waals surface area contributed by atoms with Crippen LogP contribution in [0.2, 0.25) is 0 Å². The van der Waals surface area contributed by atoms with Gasteiger partial charge in [0.05, 0.1) is 6.04 Å². The van der Waals surface area contributed by atoms with E-state index in [1.54, 1.807) is 0 Å². The Morgan fingerprint density at radius 2 is 1.51 bits per heavy atom. The molecule has 0 aliphatic carbocycles. The number of carboxylic acids is 1. The van der Waals surface area contributed by atoms with Gasteiger partial charge in [0.15, 0.2) is 0 Å². The van der Waals surface area contributed by atoms with Gasteiger partial charge in [-0.2, -0.15) is 12.6 Å². The number of thiol groups is 1. The first-order valence-corrected chi connectivity index (χ1v) is 12.5. The molecule has 0 heterocycles. The summed E-state index contributed by atoms with van der Waals surface area (Å²) in [5.41, 5.74) is 12.4. The van der Waals surface area contributed by atoms with Crippen LogP contribution in [-0.4, -0.2) is 65.3 Å². The molecule has 3 amide bonds. The molecule has 0 bridgehead atoms. The molecule has 11 heteroatoms. The predicted molar refractivity (Wildman–Crippen MR) is 138 cm³/mol. The average molecular weight is 510 g/mol. The molecule has 5 atom stereocenters. The van der Waals surface area contributed by atoms with E-state index in [1.165, 1.54) is 0 Å². The number of amides is 3. The number of carbonyl (C=O) groups is 4. The standard InChI is InChI=1S/C24H39N5O5S/c1-3-15(2)20(26)23(32)28-18(13-16-9-5-4-6-10-16)22(31)27-17(11-7-8-12-25)21(30)29-19(14-35)24(33)34/h4-6,9-10,15,17-20,35H,3,7-8,11-14,25-26H2,1-2H3,(H,27,31)(H,28,32)(H,29,30)(H,33,34). The van der Waals surface area contributed by atoms with Gasteiger partial charge in [0, 0.05) is 12.2 Å². The highest BCUT2D eigenvalue weighted by Crippen LogP contribution is 2.09. The lowest BCUT2D eigenvalue weighted by molar-refractivity contribution is -0.141. The van der Waals surface area contributed by atoms with Gasteiger partial charge >= 0.3 is 5.97 Å². The van der Waals surface area contributed by atoms with Gasteiger partial charge in [-0.15, -0.1) is 0 Å². The summed E-state index contributed by atoms with van der Waals surface area (Å²) in [7, 11) is 0. The molecule has 0 saturated heterocycles. The normalized spacial score (nSPS) is 15.2. The van der Waals surface area contributed by atoms with Crippen molar-refractivity contribution in [2.75, 3.05) is 12.3 Å². The maximum absolute atomic E-state index is 13.3. The van der Waals surface area contributed by atoms with Crippen molar-refractivity contribution in [1.82, 2.24) is 16.0 Å². The maximum Gasteiger partial charge on any atom is 0.327 e. The Kier molecular flexibility index (Phi) is 14.0. The SMILES string of the molecule is CCC(C)C(N)C(=O)NC(Cc1ccccc1)C(=O)NC(CCCCN)C(=O)NC(CS)C(=O)O. The van der Waals surface area contributed by atoms with Crippen molar-refractivity contribution in [3.05, 3.63) is 35.9 Å². The second kappa shape index (κ2) is 16.1. The molecule has 35 heavy (non-hydrogen) atoms. The number of aliphatic carboxylic acids is 1. The smallest absolute Gasteiger partial charge is 0.327 e. The second-order valence-electron chi connectivity index (χ2n) is 8.59. The van der Waals surface area contributed by atoms with Crippen LogP contribution in [0.1, 0.15) is 45.1 Å². The molecule has 1 aromatic rings. The maximum atomic E-state index is 13.3. The third kappa shape index (κ3) is 10.7. The zero-order valence-electron chi connectivity index (χ0n) is 20.4. The highest BCUT2D eigenvalue weighted by Gasteiger charge is 2.30. The van der Waals surface area contributed by atoms with Crippen LogP contribution in [-0.2, 0) is 25.6 Å². The largest absolute Gasteiger partial charge is 0.480 e. The summed E-state index contributed by atoms with van der Waals surface area (Å²) in [6.45, 7) is 4.19. The summed E-state index contributed by atoms with van der Waals surface area (Å²) in [5.74, 6) is -3.08. The van der Waals surface area contributed by atoms with Gasteiger partial charge in [-0.25, -0.2) is 4.79 Å². The molecule has 0 aromatic heterocycles. The van der Waals surface area contributed by atoms with E-state index in [0.29, 0.717) is 25.8 Å². The van der Waals surface area contributed by atoms with Crippen molar-refractivity contribution < 1.29 is 24.3 Å². The lowest BCUT2D eigenvalue weighted by Gasteiger charge is -2.26. The molecule has 0 radical (unpaired) electrons. The Balaban J connectivity index is 3.08. The van der Waals surface area contributed by atoms with Crippen molar-refractivity contribution in [2.45, 2.75) is 70.1 Å². The van der Waals surface area contributed by atoms with Crippen LogP contribution >= 0.6 is 12.6 Å². The minimum Gasteiger partial charge on any atom is -0.480 e. The highest BCUT2D eigenvalue weighted by atomic mass is 32.1. The summed E-state index contributed by atoms with van der Waals surface area (Å²) in [4.78, 5) is 50.2. The van der Waals surface area contributed by atoms with E-state index in [-0.39, 0.29) is 24.5 Å². The number of nitrogens with two attached hydrogens (primary N) is 2. The number of nitrogens with one attached hydrogen (secondary N) is 3. The van der Waals surface area contributed by atoms with Gasteiger partial charge in [0.2, 0.25) is 17.7 Å². The molecule has 0 aliphatic heterocycles. The molecule has 10 nitrogen and oxygen atoms in total. The first-order chi connectivity index (χ1) is 16.6. The van der Waals surface area contributed by atoms with Gasteiger partial charge in [0.25, 0.3) is 0 Å². The van der Waals surface area contributed by atoms with Crippen molar-refractivity contribution >= 4 is 36.3 Å². The van der Waals surface area contributed by atoms with Crippen LogP contribution in [0.3, 0.4) is 0 Å². The molecular weight excluding hydrogens is 470 g/mol. The lowest BCUT2D eigenvalue weighted by atomic mass is 9.98. The molecular formula is C24H39N5O5S. The number of hydrogen-bond acceptors (Lipinski definition) is 7. The third-order valence-electron chi connectivity index (χ3n) is 5.85. The first kappa shape index (κ1) is 30.4. The lowest BCUT2D eigenvalue weighted by Crippen LogP contribution is -2.58. The van der Waals surface area contributed by atoms with Gasteiger partial charge in [0.1, 0.15) is 18.1 Å². The van der Waals surface area contributed by atoms with Crippen LogP contribution in [0.15, 0.2) is 30.3 Å². The summed E-state index contributed by atoms with van der Waals surface area (Å²) < 4.78 is 0. The molecule has 8 N–H and O–H groups in total. The predicted octanol–water partition coefficient (Wildman–Crippen LogP) is 0.200. The fourth-order valence-corrected chi connectivity index (χ4v) is 3.58.